The highest BCUT2D eigenvalue weighted by atomic mass is 79.9. The first-order valence-corrected chi connectivity index (χ1v) is 7.14. The van der Waals surface area contributed by atoms with Gasteiger partial charge < -0.3 is 5.73 Å². The summed E-state index contributed by atoms with van der Waals surface area (Å²) in [5, 5.41) is 4.49. The van der Waals surface area contributed by atoms with Gasteiger partial charge >= 0.3 is 0 Å². The van der Waals surface area contributed by atoms with E-state index in [-0.39, 0.29) is 5.78 Å². The number of aryl methyl sites for hydroxylation is 2. The zero-order valence-electron chi connectivity index (χ0n) is 11.6. The van der Waals surface area contributed by atoms with Crippen LogP contribution in [-0.2, 0) is 24.2 Å². The number of rotatable bonds is 6. The fraction of sp³-hybridized carbons (Fsp3) is 0.692. The minimum atomic E-state index is -0.478. The molecule has 0 saturated carbocycles. The molecule has 102 valence electrons. The van der Waals surface area contributed by atoms with Crippen LogP contribution in [0.4, 0.5) is 0 Å². The molecule has 0 atom stereocenters. The lowest BCUT2D eigenvalue weighted by molar-refractivity contribution is -0.126. The normalized spacial score (nSPS) is 11.9. The predicted molar refractivity (Wildman–Crippen MR) is 76.5 cm³/mol. The van der Waals surface area contributed by atoms with Gasteiger partial charge in [-0.3, -0.25) is 9.48 Å². The maximum absolute atomic E-state index is 12.2. The molecule has 0 bridgehead atoms. The summed E-state index contributed by atoms with van der Waals surface area (Å²) in [6.07, 6.45) is 1.24. The van der Waals surface area contributed by atoms with Crippen molar-refractivity contribution in [2.24, 2.45) is 11.1 Å². The predicted octanol–water partition coefficient (Wildman–Crippen LogP) is 2.32. The molecule has 0 saturated heterocycles. The summed E-state index contributed by atoms with van der Waals surface area (Å²) in [5.41, 5.74) is 7.13. The summed E-state index contributed by atoms with van der Waals surface area (Å²) >= 11 is 3.55. The Kier molecular flexibility index (Phi) is 5.10. The number of halogens is 1. The zero-order chi connectivity index (χ0) is 13.9. The van der Waals surface area contributed by atoms with E-state index in [1.54, 1.807) is 0 Å². The first-order chi connectivity index (χ1) is 8.37. The molecule has 1 aromatic rings. The number of aromatic nitrogens is 2. The van der Waals surface area contributed by atoms with Gasteiger partial charge in [-0.05, 0) is 29.3 Å². The van der Waals surface area contributed by atoms with Crippen molar-refractivity contribution in [2.45, 2.75) is 47.1 Å². The number of hydrogen-bond donors (Lipinski definition) is 1. The molecule has 0 unspecified atom stereocenters. The van der Waals surface area contributed by atoms with Gasteiger partial charge in [-0.25, -0.2) is 0 Å². The summed E-state index contributed by atoms with van der Waals surface area (Å²) in [4.78, 5) is 12.2. The van der Waals surface area contributed by atoms with Crippen LogP contribution in [0.5, 0.6) is 0 Å². The van der Waals surface area contributed by atoms with Crippen molar-refractivity contribution in [1.29, 1.82) is 0 Å². The van der Waals surface area contributed by atoms with Gasteiger partial charge in [0.2, 0.25) is 0 Å². The lowest BCUT2D eigenvalue weighted by Crippen LogP contribution is -2.34. The van der Waals surface area contributed by atoms with Gasteiger partial charge in [0.15, 0.2) is 0 Å². The van der Waals surface area contributed by atoms with Crippen LogP contribution in [0.2, 0.25) is 0 Å². The minimum absolute atomic E-state index is 0.156. The van der Waals surface area contributed by atoms with Gasteiger partial charge in [0.05, 0.1) is 22.3 Å². The summed E-state index contributed by atoms with van der Waals surface area (Å²) in [5.74, 6) is 0.156. The topological polar surface area (TPSA) is 60.9 Å². The quantitative estimate of drug-likeness (QED) is 0.876. The number of carbonyl (C=O) groups is 1. The average Bonchev–Trinajstić information content (AvgIpc) is 2.66. The standard InChI is InChI=1S/C13H22BrN3O/c1-5-9-12(14)10(17(6-2)16-9)7-11(18)13(3,4)8-15/h5-8,15H2,1-4H3. The van der Waals surface area contributed by atoms with Crippen molar-refractivity contribution >= 4 is 21.7 Å². The highest BCUT2D eigenvalue weighted by molar-refractivity contribution is 9.10. The van der Waals surface area contributed by atoms with Gasteiger partial charge in [-0.2, -0.15) is 5.10 Å². The van der Waals surface area contributed by atoms with Crippen molar-refractivity contribution in [3.05, 3.63) is 15.9 Å². The molecule has 0 amide bonds. The van der Waals surface area contributed by atoms with E-state index in [0.29, 0.717) is 13.0 Å². The molecule has 1 aromatic heterocycles. The molecule has 0 spiro atoms. The molecule has 0 radical (unpaired) electrons. The Morgan fingerprint density at radius 2 is 2.06 bits per heavy atom. The third-order valence-electron chi connectivity index (χ3n) is 3.29. The van der Waals surface area contributed by atoms with Gasteiger partial charge in [0.25, 0.3) is 0 Å². The Morgan fingerprint density at radius 3 is 2.50 bits per heavy atom. The fourth-order valence-electron chi connectivity index (χ4n) is 1.69. The zero-order valence-corrected chi connectivity index (χ0v) is 13.2. The molecule has 1 rings (SSSR count). The minimum Gasteiger partial charge on any atom is -0.329 e. The van der Waals surface area contributed by atoms with E-state index >= 15 is 0 Å². The monoisotopic (exact) mass is 315 g/mol. The Balaban J connectivity index is 3.04. The maximum atomic E-state index is 12.2. The number of nitrogens with two attached hydrogens (primary N) is 1. The maximum Gasteiger partial charge on any atom is 0.145 e. The number of hydrogen-bond acceptors (Lipinski definition) is 3. The molecule has 18 heavy (non-hydrogen) atoms. The second-order valence-electron chi connectivity index (χ2n) is 5.06. The van der Waals surface area contributed by atoms with E-state index in [1.807, 2.05) is 25.5 Å². The molecule has 5 heteroatoms. The van der Waals surface area contributed by atoms with E-state index in [0.717, 1.165) is 28.8 Å². The van der Waals surface area contributed by atoms with Crippen LogP contribution < -0.4 is 5.73 Å². The van der Waals surface area contributed by atoms with E-state index in [1.165, 1.54) is 0 Å². The van der Waals surface area contributed by atoms with Crippen LogP contribution in [-0.4, -0.2) is 22.1 Å². The fourth-order valence-corrected chi connectivity index (χ4v) is 2.40. The molecule has 0 aliphatic carbocycles. The highest BCUT2D eigenvalue weighted by Crippen LogP contribution is 2.25. The highest BCUT2D eigenvalue weighted by Gasteiger charge is 2.28. The molecule has 4 nitrogen and oxygen atoms in total. The van der Waals surface area contributed by atoms with Gasteiger partial charge in [-0.15, -0.1) is 0 Å². The van der Waals surface area contributed by atoms with Gasteiger partial charge in [-0.1, -0.05) is 20.8 Å². The van der Waals surface area contributed by atoms with Gasteiger partial charge in [0.1, 0.15) is 5.78 Å². The molecule has 0 aliphatic heterocycles. The molecule has 0 fully saturated rings. The molecular formula is C13H22BrN3O. The van der Waals surface area contributed by atoms with E-state index in [9.17, 15) is 4.79 Å². The number of carbonyl (C=O) groups excluding carboxylic acids is 1. The van der Waals surface area contributed by atoms with Crippen LogP contribution in [0.1, 0.15) is 39.1 Å². The third-order valence-corrected chi connectivity index (χ3v) is 4.20. The number of Topliss-reactive ketones (excluding diaryl/α,β-unsaturated/α-hetero) is 1. The largest absolute Gasteiger partial charge is 0.329 e. The Hall–Kier alpha value is -0.680. The number of ketones is 1. The summed E-state index contributed by atoms with van der Waals surface area (Å²) in [6.45, 7) is 8.99. The molecule has 0 aliphatic rings. The van der Waals surface area contributed by atoms with E-state index in [2.05, 4.69) is 28.0 Å². The summed E-state index contributed by atoms with van der Waals surface area (Å²) in [6, 6.07) is 0. The van der Waals surface area contributed by atoms with Crippen molar-refractivity contribution in [2.75, 3.05) is 6.54 Å². The van der Waals surface area contributed by atoms with Crippen molar-refractivity contribution < 1.29 is 4.79 Å². The smallest absolute Gasteiger partial charge is 0.145 e. The van der Waals surface area contributed by atoms with Crippen LogP contribution in [0.3, 0.4) is 0 Å². The molecular weight excluding hydrogens is 294 g/mol. The summed E-state index contributed by atoms with van der Waals surface area (Å²) in [7, 11) is 0. The van der Waals surface area contributed by atoms with Crippen molar-refractivity contribution in [3.63, 3.8) is 0 Å². The molecule has 0 aromatic carbocycles. The van der Waals surface area contributed by atoms with Crippen LogP contribution in [0, 0.1) is 5.41 Å². The molecule has 1 heterocycles. The second kappa shape index (κ2) is 5.97. The van der Waals surface area contributed by atoms with Gasteiger partial charge in [0, 0.05) is 18.5 Å². The van der Waals surface area contributed by atoms with E-state index in [4.69, 9.17) is 5.73 Å². The Bertz CT molecular complexity index is 438. The van der Waals surface area contributed by atoms with Crippen molar-refractivity contribution in [1.82, 2.24) is 9.78 Å². The molecule has 2 N–H and O–H groups in total. The third kappa shape index (κ3) is 3.01. The van der Waals surface area contributed by atoms with Crippen molar-refractivity contribution in [3.8, 4) is 0 Å². The Labute approximate surface area is 117 Å². The lowest BCUT2D eigenvalue weighted by Gasteiger charge is -2.20. The van der Waals surface area contributed by atoms with E-state index < -0.39 is 5.41 Å². The lowest BCUT2D eigenvalue weighted by atomic mass is 9.86. The average molecular weight is 316 g/mol. The SMILES string of the molecule is CCc1nn(CC)c(CC(=O)C(C)(C)CN)c1Br. The van der Waals surface area contributed by atoms with Crippen LogP contribution in [0.15, 0.2) is 4.47 Å². The Morgan fingerprint density at radius 1 is 1.44 bits per heavy atom. The van der Waals surface area contributed by atoms with Crippen LogP contribution >= 0.6 is 15.9 Å². The van der Waals surface area contributed by atoms with Crippen LogP contribution in [0.25, 0.3) is 0 Å². The summed E-state index contributed by atoms with van der Waals surface area (Å²) < 4.78 is 2.86. The first-order valence-electron chi connectivity index (χ1n) is 6.34. The first kappa shape index (κ1) is 15.4. The second-order valence-corrected chi connectivity index (χ2v) is 5.86. The number of nitrogens with zero attached hydrogens (tertiary/aromatic N) is 2.